The van der Waals surface area contributed by atoms with Crippen molar-refractivity contribution in [3.05, 3.63) is 28.9 Å². The number of rotatable bonds is 4. The van der Waals surface area contributed by atoms with Crippen LogP contribution in [0.2, 0.25) is 0 Å². The predicted octanol–water partition coefficient (Wildman–Crippen LogP) is 4.16. The highest BCUT2D eigenvalue weighted by atomic mass is 32.1. The van der Waals surface area contributed by atoms with Crippen molar-refractivity contribution in [2.24, 2.45) is 5.92 Å². The van der Waals surface area contributed by atoms with Crippen LogP contribution in [0.15, 0.2) is 12.7 Å². The highest BCUT2D eigenvalue weighted by Gasteiger charge is 2.33. The molecule has 0 radical (unpaired) electrons. The zero-order valence-corrected chi connectivity index (χ0v) is 16.9. The molecule has 3 aromatic heterocycles. The van der Waals surface area contributed by atoms with Crippen LogP contribution in [0.25, 0.3) is 10.2 Å². The number of fused-ring (bicyclic) bond motifs is 3. The normalized spacial score (nSPS) is 20.0. The molecule has 27 heavy (non-hydrogen) atoms. The van der Waals surface area contributed by atoms with Gasteiger partial charge in [0.2, 0.25) is 0 Å². The summed E-state index contributed by atoms with van der Waals surface area (Å²) in [4.78, 5) is 14.5. The molecule has 1 saturated heterocycles. The first kappa shape index (κ1) is 17.1. The largest absolute Gasteiger partial charge is 0.346 e. The molecule has 3 aromatic rings. The molecule has 1 atom stereocenters. The van der Waals surface area contributed by atoms with Gasteiger partial charge in [0.1, 0.15) is 23.3 Å². The van der Waals surface area contributed by atoms with Crippen LogP contribution in [0.1, 0.15) is 61.8 Å². The SMILES string of the molecule is CC(C)Cn1cnnc1C1CCCN1c1ncnc2sc3c(c12)CCCC3. The van der Waals surface area contributed by atoms with E-state index in [1.807, 2.05) is 17.7 Å². The van der Waals surface area contributed by atoms with Crippen LogP contribution < -0.4 is 4.90 Å². The third kappa shape index (κ3) is 2.92. The molecule has 0 saturated carbocycles. The topological polar surface area (TPSA) is 59.7 Å². The lowest BCUT2D eigenvalue weighted by Crippen LogP contribution is -2.27. The lowest BCUT2D eigenvalue weighted by Gasteiger charge is -2.26. The van der Waals surface area contributed by atoms with E-state index < -0.39 is 0 Å². The molecule has 0 N–H and O–H groups in total. The second-order valence-electron chi connectivity index (χ2n) is 8.18. The van der Waals surface area contributed by atoms with Crippen LogP contribution in [0.5, 0.6) is 0 Å². The maximum absolute atomic E-state index is 4.78. The van der Waals surface area contributed by atoms with E-state index in [9.17, 15) is 0 Å². The van der Waals surface area contributed by atoms with E-state index in [0.29, 0.717) is 5.92 Å². The van der Waals surface area contributed by atoms with Gasteiger partial charge in [-0.1, -0.05) is 13.8 Å². The van der Waals surface area contributed by atoms with Crippen molar-refractivity contribution >= 4 is 27.4 Å². The lowest BCUT2D eigenvalue weighted by molar-refractivity contribution is 0.487. The Morgan fingerprint density at radius 3 is 2.96 bits per heavy atom. The zero-order valence-electron chi connectivity index (χ0n) is 16.1. The molecule has 0 aromatic carbocycles. The molecule has 1 fully saturated rings. The minimum Gasteiger partial charge on any atom is -0.346 e. The van der Waals surface area contributed by atoms with Gasteiger partial charge in [-0.3, -0.25) is 0 Å². The summed E-state index contributed by atoms with van der Waals surface area (Å²) in [5, 5.41) is 10.0. The summed E-state index contributed by atoms with van der Waals surface area (Å²) in [7, 11) is 0. The Labute approximate surface area is 163 Å². The third-order valence-electron chi connectivity index (χ3n) is 5.76. The number of thiophene rings is 1. The molecule has 0 amide bonds. The van der Waals surface area contributed by atoms with E-state index in [1.54, 1.807) is 6.33 Å². The van der Waals surface area contributed by atoms with Crippen LogP contribution in [-0.4, -0.2) is 31.3 Å². The quantitative estimate of drug-likeness (QED) is 0.678. The zero-order chi connectivity index (χ0) is 18.4. The first-order chi connectivity index (χ1) is 13.2. The van der Waals surface area contributed by atoms with Crippen LogP contribution in [0.4, 0.5) is 5.82 Å². The molecule has 5 rings (SSSR count). The molecule has 0 bridgehead atoms. The Hall–Kier alpha value is -2.02. The second-order valence-corrected chi connectivity index (χ2v) is 9.26. The first-order valence-corrected chi connectivity index (χ1v) is 10.9. The van der Waals surface area contributed by atoms with Gasteiger partial charge in [-0.15, -0.1) is 21.5 Å². The van der Waals surface area contributed by atoms with Gasteiger partial charge >= 0.3 is 0 Å². The van der Waals surface area contributed by atoms with Gasteiger partial charge in [-0.05, 0) is 50.0 Å². The van der Waals surface area contributed by atoms with E-state index in [0.717, 1.165) is 48.8 Å². The molecule has 1 aliphatic carbocycles. The molecule has 0 spiro atoms. The van der Waals surface area contributed by atoms with Crippen molar-refractivity contribution in [1.29, 1.82) is 0 Å². The summed E-state index contributed by atoms with van der Waals surface area (Å²) in [6.45, 7) is 6.46. The number of hydrogen-bond acceptors (Lipinski definition) is 6. The van der Waals surface area contributed by atoms with E-state index in [-0.39, 0.29) is 6.04 Å². The van der Waals surface area contributed by atoms with Gasteiger partial charge in [0.05, 0.1) is 11.4 Å². The maximum atomic E-state index is 4.78. The van der Waals surface area contributed by atoms with Crippen molar-refractivity contribution in [3.8, 4) is 0 Å². The van der Waals surface area contributed by atoms with Gasteiger partial charge in [0, 0.05) is 18.0 Å². The third-order valence-corrected chi connectivity index (χ3v) is 6.96. The maximum Gasteiger partial charge on any atom is 0.155 e. The number of aryl methyl sites for hydroxylation is 2. The molecular weight excluding hydrogens is 356 g/mol. The highest BCUT2D eigenvalue weighted by Crippen LogP contribution is 2.43. The van der Waals surface area contributed by atoms with Crippen LogP contribution >= 0.6 is 11.3 Å². The van der Waals surface area contributed by atoms with Gasteiger partial charge in [-0.2, -0.15) is 0 Å². The second kappa shape index (κ2) is 6.86. The average molecular weight is 383 g/mol. The molecule has 7 heteroatoms. The van der Waals surface area contributed by atoms with E-state index in [2.05, 4.69) is 38.5 Å². The summed E-state index contributed by atoms with van der Waals surface area (Å²) in [5.74, 6) is 2.77. The van der Waals surface area contributed by atoms with Crippen LogP contribution in [0.3, 0.4) is 0 Å². The summed E-state index contributed by atoms with van der Waals surface area (Å²) in [6.07, 6.45) is 10.8. The van der Waals surface area contributed by atoms with Crippen molar-refractivity contribution in [2.75, 3.05) is 11.4 Å². The van der Waals surface area contributed by atoms with Crippen LogP contribution in [0, 0.1) is 5.92 Å². The number of anilines is 1. The molecular formula is C20H26N6S. The van der Waals surface area contributed by atoms with Crippen molar-refractivity contribution < 1.29 is 0 Å². The molecule has 1 unspecified atom stereocenters. The monoisotopic (exact) mass is 382 g/mol. The van der Waals surface area contributed by atoms with Crippen molar-refractivity contribution in [1.82, 2.24) is 24.7 Å². The fraction of sp³-hybridized carbons (Fsp3) is 0.600. The Kier molecular flexibility index (Phi) is 4.34. The highest BCUT2D eigenvalue weighted by molar-refractivity contribution is 7.19. The summed E-state index contributed by atoms with van der Waals surface area (Å²) >= 11 is 1.87. The summed E-state index contributed by atoms with van der Waals surface area (Å²) in [5.41, 5.74) is 1.51. The summed E-state index contributed by atoms with van der Waals surface area (Å²) in [6, 6.07) is 0.253. The summed E-state index contributed by atoms with van der Waals surface area (Å²) < 4.78 is 2.23. The Balaban J connectivity index is 1.58. The molecule has 142 valence electrons. The fourth-order valence-electron chi connectivity index (χ4n) is 4.64. The Morgan fingerprint density at radius 1 is 1.19 bits per heavy atom. The molecule has 2 aliphatic rings. The Morgan fingerprint density at radius 2 is 2.07 bits per heavy atom. The van der Waals surface area contributed by atoms with Crippen molar-refractivity contribution in [3.63, 3.8) is 0 Å². The van der Waals surface area contributed by atoms with Gasteiger partial charge in [0.25, 0.3) is 0 Å². The smallest absolute Gasteiger partial charge is 0.155 e. The average Bonchev–Trinajstić information content (AvgIpc) is 3.38. The van der Waals surface area contributed by atoms with E-state index in [4.69, 9.17) is 4.98 Å². The van der Waals surface area contributed by atoms with E-state index >= 15 is 0 Å². The van der Waals surface area contributed by atoms with Crippen molar-refractivity contribution in [2.45, 2.75) is 65.0 Å². The van der Waals surface area contributed by atoms with E-state index in [1.165, 1.54) is 35.1 Å². The standard InChI is InChI=1S/C20H26N6S/c1-13(2)10-25-12-23-24-18(25)15-7-5-9-26(15)19-17-14-6-3-4-8-16(14)27-20(17)22-11-21-19/h11-13,15H,3-10H2,1-2H3. The number of nitrogens with zero attached hydrogens (tertiary/aromatic N) is 6. The first-order valence-electron chi connectivity index (χ1n) is 10.1. The van der Waals surface area contributed by atoms with Crippen LogP contribution in [-0.2, 0) is 19.4 Å². The molecule has 4 heterocycles. The van der Waals surface area contributed by atoms with Gasteiger partial charge in [-0.25, -0.2) is 9.97 Å². The number of aromatic nitrogens is 5. The lowest BCUT2D eigenvalue weighted by atomic mass is 9.97. The minimum atomic E-state index is 0.253. The van der Waals surface area contributed by atoms with Gasteiger partial charge in [0.15, 0.2) is 5.82 Å². The minimum absolute atomic E-state index is 0.253. The Bertz CT molecular complexity index is 959. The predicted molar refractivity (Wildman–Crippen MR) is 108 cm³/mol. The molecule has 1 aliphatic heterocycles. The van der Waals surface area contributed by atoms with Gasteiger partial charge < -0.3 is 9.47 Å². The molecule has 6 nitrogen and oxygen atoms in total. The fourth-order valence-corrected chi connectivity index (χ4v) is 5.86. The number of hydrogen-bond donors (Lipinski definition) is 0.